The average Bonchev–Trinajstić information content (AvgIpc) is 2.91. The van der Waals surface area contributed by atoms with Crippen molar-refractivity contribution in [3.63, 3.8) is 0 Å². The van der Waals surface area contributed by atoms with Gasteiger partial charge in [0, 0.05) is 30.7 Å². The van der Waals surface area contributed by atoms with E-state index in [1.807, 2.05) is 23.1 Å². The van der Waals surface area contributed by atoms with Gasteiger partial charge in [0.15, 0.2) is 0 Å². The van der Waals surface area contributed by atoms with E-state index in [1.54, 1.807) is 0 Å². The number of rotatable bonds is 6. The quantitative estimate of drug-likeness (QED) is 0.878. The summed E-state index contributed by atoms with van der Waals surface area (Å²) in [5.74, 6) is 0. The third-order valence-corrected chi connectivity index (χ3v) is 3.77. The first kappa shape index (κ1) is 13.2. The van der Waals surface area contributed by atoms with Gasteiger partial charge in [-0.1, -0.05) is 18.2 Å². The lowest BCUT2D eigenvalue weighted by Gasteiger charge is -2.36. The SMILES string of the molecule is CCOC1CC(Nc2ccccc2Cn2cccn2)C1. The molecule has 0 bridgehead atoms. The zero-order chi connectivity index (χ0) is 13.8. The maximum Gasteiger partial charge on any atom is 0.0679 e. The molecule has 20 heavy (non-hydrogen) atoms. The molecule has 0 amide bonds. The largest absolute Gasteiger partial charge is 0.382 e. The molecular weight excluding hydrogens is 250 g/mol. The Hall–Kier alpha value is -1.81. The van der Waals surface area contributed by atoms with Crippen LogP contribution in [0.2, 0.25) is 0 Å². The van der Waals surface area contributed by atoms with Crippen molar-refractivity contribution in [2.75, 3.05) is 11.9 Å². The van der Waals surface area contributed by atoms with Gasteiger partial charge in [-0.05, 0) is 37.5 Å². The van der Waals surface area contributed by atoms with E-state index < -0.39 is 0 Å². The molecule has 3 rings (SSSR count). The van der Waals surface area contributed by atoms with Crippen molar-refractivity contribution < 1.29 is 4.74 Å². The molecule has 1 aromatic carbocycles. The summed E-state index contributed by atoms with van der Waals surface area (Å²) in [7, 11) is 0. The molecule has 0 atom stereocenters. The van der Waals surface area contributed by atoms with E-state index in [0.29, 0.717) is 12.1 Å². The molecule has 0 aliphatic heterocycles. The second-order valence-electron chi connectivity index (χ2n) is 5.25. The smallest absolute Gasteiger partial charge is 0.0679 e. The Balaban J connectivity index is 1.62. The third-order valence-electron chi connectivity index (χ3n) is 3.77. The number of benzene rings is 1. The van der Waals surface area contributed by atoms with Crippen LogP contribution in [0, 0.1) is 0 Å². The van der Waals surface area contributed by atoms with Crippen molar-refractivity contribution >= 4 is 5.69 Å². The molecule has 1 N–H and O–H groups in total. The zero-order valence-electron chi connectivity index (χ0n) is 11.8. The predicted molar refractivity (Wildman–Crippen MR) is 79.8 cm³/mol. The second-order valence-corrected chi connectivity index (χ2v) is 5.25. The summed E-state index contributed by atoms with van der Waals surface area (Å²) < 4.78 is 7.56. The molecule has 0 spiro atoms. The highest BCUT2D eigenvalue weighted by Crippen LogP contribution is 2.28. The van der Waals surface area contributed by atoms with Crippen LogP contribution in [0.1, 0.15) is 25.3 Å². The van der Waals surface area contributed by atoms with E-state index in [-0.39, 0.29) is 0 Å². The number of hydrogen-bond donors (Lipinski definition) is 1. The Morgan fingerprint density at radius 3 is 2.90 bits per heavy atom. The lowest BCUT2D eigenvalue weighted by Crippen LogP contribution is -2.41. The van der Waals surface area contributed by atoms with E-state index in [2.05, 4.69) is 41.6 Å². The number of hydrogen-bond acceptors (Lipinski definition) is 3. The highest BCUT2D eigenvalue weighted by molar-refractivity contribution is 5.52. The number of nitrogens with one attached hydrogen (secondary N) is 1. The van der Waals surface area contributed by atoms with E-state index >= 15 is 0 Å². The van der Waals surface area contributed by atoms with Crippen molar-refractivity contribution in [3.8, 4) is 0 Å². The number of para-hydroxylation sites is 1. The summed E-state index contributed by atoms with van der Waals surface area (Å²) in [5.41, 5.74) is 2.49. The summed E-state index contributed by atoms with van der Waals surface area (Å²) in [4.78, 5) is 0. The zero-order valence-corrected chi connectivity index (χ0v) is 11.8. The highest BCUT2D eigenvalue weighted by Gasteiger charge is 2.29. The number of nitrogens with zero attached hydrogens (tertiary/aromatic N) is 2. The van der Waals surface area contributed by atoms with Crippen molar-refractivity contribution in [3.05, 3.63) is 48.3 Å². The average molecular weight is 271 g/mol. The molecule has 4 nitrogen and oxygen atoms in total. The molecule has 0 unspecified atom stereocenters. The normalized spacial score (nSPS) is 21.4. The summed E-state index contributed by atoms with van der Waals surface area (Å²) in [6.45, 7) is 3.67. The lowest BCUT2D eigenvalue weighted by molar-refractivity contribution is 0.00298. The first-order valence-electron chi connectivity index (χ1n) is 7.28. The Bertz CT molecular complexity index is 532. The van der Waals surface area contributed by atoms with Gasteiger partial charge in [0.2, 0.25) is 0 Å². The summed E-state index contributed by atoms with van der Waals surface area (Å²) >= 11 is 0. The molecule has 1 fully saturated rings. The Morgan fingerprint density at radius 2 is 2.15 bits per heavy atom. The van der Waals surface area contributed by atoms with Crippen LogP contribution in [0.3, 0.4) is 0 Å². The Labute approximate surface area is 119 Å². The van der Waals surface area contributed by atoms with Crippen LogP contribution in [0.25, 0.3) is 0 Å². The van der Waals surface area contributed by atoms with Crippen molar-refractivity contribution in [2.45, 2.75) is 38.5 Å². The van der Waals surface area contributed by atoms with Gasteiger partial charge in [0.05, 0.1) is 12.6 Å². The summed E-state index contributed by atoms with van der Waals surface area (Å²) in [5, 5.41) is 7.90. The minimum Gasteiger partial charge on any atom is -0.382 e. The first-order chi connectivity index (χ1) is 9.85. The van der Waals surface area contributed by atoms with Crippen LogP contribution in [0.5, 0.6) is 0 Å². The van der Waals surface area contributed by atoms with Crippen LogP contribution in [-0.2, 0) is 11.3 Å². The standard InChI is InChI=1S/C16H21N3O/c1-2-20-15-10-14(11-15)18-16-7-4-3-6-13(16)12-19-9-5-8-17-19/h3-9,14-15,18H,2,10-12H2,1H3. The van der Waals surface area contributed by atoms with Crippen LogP contribution in [-0.4, -0.2) is 28.5 Å². The molecule has 106 valence electrons. The molecule has 0 radical (unpaired) electrons. The van der Waals surface area contributed by atoms with Gasteiger partial charge in [-0.25, -0.2) is 0 Å². The van der Waals surface area contributed by atoms with Crippen LogP contribution >= 0.6 is 0 Å². The molecule has 0 saturated heterocycles. The van der Waals surface area contributed by atoms with E-state index in [1.165, 1.54) is 11.3 Å². The fraction of sp³-hybridized carbons (Fsp3) is 0.438. The maximum absolute atomic E-state index is 5.61. The second kappa shape index (κ2) is 6.09. The van der Waals surface area contributed by atoms with Crippen molar-refractivity contribution in [1.29, 1.82) is 0 Å². The van der Waals surface area contributed by atoms with Crippen LogP contribution in [0.15, 0.2) is 42.7 Å². The van der Waals surface area contributed by atoms with Gasteiger partial charge in [0.25, 0.3) is 0 Å². The fourth-order valence-electron chi connectivity index (χ4n) is 2.64. The third kappa shape index (κ3) is 3.02. The number of ether oxygens (including phenoxy) is 1. The minimum atomic E-state index is 0.441. The maximum atomic E-state index is 5.61. The molecule has 1 aromatic heterocycles. The van der Waals surface area contributed by atoms with E-state index in [4.69, 9.17) is 4.74 Å². The molecule has 2 aromatic rings. The monoisotopic (exact) mass is 271 g/mol. The molecule has 1 heterocycles. The van der Waals surface area contributed by atoms with Gasteiger partial charge >= 0.3 is 0 Å². The fourth-order valence-corrected chi connectivity index (χ4v) is 2.64. The van der Waals surface area contributed by atoms with Gasteiger partial charge in [-0.15, -0.1) is 0 Å². The predicted octanol–water partition coefficient (Wildman–Crippen LogP) is 2.91. The molecule has 1 saturated carbocycles. The number of aromatic nitrogens is 2. The summed E-state index contributed by atoms with van der Waals surface area (Å²) in [6.07, 6.45) is 6.45. The van der Waals surface area contributed by atoms with Crippen molar-refractivity contribution in [1.82, 2.24) is 9.78 Å². The van der Waals surface area contributed by atoms with Gasteiger partial charge in [0.1, 0.15) is 0 Å². The van der Waals surface area contributed by atoms with Crippen LogP contribution in [0.4, 0.5) is 5.69 Å². The minimum absolute atomic E-state index is 0.441. The van der Waals surface area contributed by atoms with E-state index in [9.17, 15) is 0 Å². The Kier molecular flexibility index (Phi) is 4.02. The van der Waals surface area contributed by atoms with Gasteiger partial charge < -0.3 is 10.1 Å². The van der Waals surface area contributed by atoms with Crippen LogP contribution < -0.4 is 5.32 Å². The molecule has 1 aliphatic carbocycles. The van der Waals surface area contributed by atoms with Crippen molar-refractivity contribution in [2.24, 2.45) is 0 Å². The topological polar surface area (TPSA) is 39.1 Å². The molecule has 1 aliphatic rings. The number of anilines is 1. The molecular formula is C16H21N3O. The van der Waals surface area contributed by atoms with E-state index in [0.717, 1.165) is 26.0 Å². The molecule has 4 heteroatoms. The highest BCUT2D eigenvalue weighted by atomic mass is 16.5. The summed E-state index contributed by atoms with van der Waals surface area (Å²) in [6, 6.07) is 10.9. The van der Waals surface area contributed by atoms with Gasteiger partial charge in [-0.3, -0.25) is 4.68 Å². The lowest BCUT2D eigenvalue weighted by atomic mass is 9.89. The van der Waals surface area contributed by atoms with Gasteiger partial charge in [-0.2, -0.15) is 5.10 Å². The Morgan fingerprint density at radius 1 is 1.30 bits per heavy atom. The first-order valence-corrected chi connectivity index (χ1v) is 7.28.